The number of hydrogen-bond acceptors (Lipinski definition) is 6. The van der Waals surface area contributed by atoms with E-state index in [2.05, 4.69) is 4.18 Å². The molecule has 9 heteroatoms. The second-order valence-corrected chi connectivity index (χ2v) is 6.80. The maximum absolute atomic E-state index is 14.2. The smallest absolute Gasteiger partial charge is 0.313 e. The standard InChI is InChI=1S/C17H13ClFNO5S/c18-11-6-7-13(19)12(8-11)15-14(21)16(17(20)24-15)25-26(22,23)9-10-4-2-1-3-5-10/h1-8,15H,9,20H2/i9D2,15D. The van der Waals surface area contributed by atoms with Gasteiger partial charge in [0.2, 0.25) is 17.4 Å². The minimum atomic E-state index is -5.12. The summed E-state index contributed by atoms with van der Waals surface area (Å²) in [4.78, 5) is 12.7. The van der Waals surface area contributed by atoms with E-state index in [1.165, 1.54) is 30.3 Å². The first-order valence-corrected chi connectivity index (χ1v) is 8.87. The van der Waals surface area contributed by atoms with E-state index >= 15 is 0 Å². The van der Waals surface area contributed by atoms with Gasteiger partial charge in [0.1, 0.15) is 11.5 Å². The Hall–Kier alpha value is -2.58. The van der Waals surface area contributed by atoms with Crippen LogP contribution in [0, 0.1) is 5.82 Å². The zero-order valence-electron chi connectivity index (χ0n) is 15.9. The first-order valence-electron chi connectivity index (χ1n) is 8.59. The van der Waals surface area contributed by atoms with Crippen LogP contribution in [0.3, 0.4) is 0 Å². The molecule has 6 nitrogen and oxygen atoms in total. The summed E-state index contributed by atoms with van der Waals surface area (Å²) in [6.45, 7) is 0. The number of nitrogens with two attached hydrogens (primary N) is 1. The lowest BCUT2D eigenvalue weighted by Gasteiger charge is -2.11. The third-order valence-corrected chi connectivity index (χ3v) is 4.34. The number of hydrogen-bond donors (Lipinski definition) is 1. The van der Waals surface area contributed by atoms with Gasteiger partial charge in [-0.3, -0.25) is 4.79 Å². The highest BCUT2D eigenvalue weighted by molar-refractivity contribution is 7.86. The van der Waals surface area contributed by atoms with Gasteiger partial charge in [0.25, 0.3) is 0 Å². The number of rotatable bonds is 5. The molecule has 1 unspecified atom stereocenters. The quantitative estimate of drug-likeness (QED) is 0.775. The molecule has 1 aliphatic rings. The molecule has 0 radical (unpaired) electrons. The largest absolute Gasteiger partial charge is 0.460 e. The molecule has 3 rings (SSSR count). The van der Waals surface area contributed by atoms with Gasteiger partial charge in [0.15, 0.2) is 6.08 Å². The minimum absolute atomic E-state index is 0.00889. The highest BCUT2D eigenvalue weighted by atomic mass is 35.5. The van der Waals surface area contributed by atoms with Crippen molar-refractivity contribution in [3.8, 4) is 0 Å². The number of Topliss-reactive ketones (excluding diaryl/α,β-unsaturated/α-hetero) is 1. The maximum Gasteiger partial charge on any atom is 0.313 e. The average molecular weight is 401 g/mol. The summed E-state index contributed by atoms with van der Waals surface area (Å²) in [7, 11) is -5.12. The Bertz CT molecular complexity index is 1130. The zero-order chi connectivity index (χ0) is 21.6. The van der Waals surface area contributed by atoms with E-state index < -0.39 is 50.7 Å². The van der Waals surface area contributed by atoms with Crippen LogP contribution in [0.1, 0.15) is 21.3 Å². The van der Waals surface area contributed by atoms with Gasteiger partial charge in [-0.25, -0.2) is 4.39 Å². The van der Waals surface area contributed by atoms with Crippen molar-refractivity contribution in [3.63, 3.8) is 0 Å². The zero-order valence-corrected chi connectivity index (χ0v) is 14.5. The van der Waals surface area contributed by atoms with Crippen molar-refractivity contribution in [2.24, 2.45) is 5.73 Å². The molecule has 2 aromatic carbocycles. The predicted molar refractivity (Wildman–Crippen MR) is 91.6 cm³/mol. The predicted octanol–water partition coefficient (Wildman–Crippen LogP) is 2.79. The van der Waals surface area contributed by atoms with Gasteiger partial charge in [-0.15, -0.1) is 0 Å². The molecule has 1 aliphatic heterocycles. The lowest BCUT2D eigenvalue weighted by Crippen LogP contribution is -2.17. The maximum atomic E-state index is 14.2. The summed E-state index contributed by atoms with van der Waals surface area (Å²) >= 11 is 5.77. The molecule has 0 saturated heterocycles. The molecule has 0 aromatic heterocycles. The molecule has 0 bridgehead atoms. The Labute approximate surface area is 158 Å². The van der Waals surface area contributed by atoms with Crippen LogP contribution in [0.4, 0.5) is 4.39 Å². The van der Waals surface area contributed by atoms with Gasteiger partial charge in [-0.05, 0) is 23.8 Å². The van der Waals surface area contributed by atoms with E-state index in [-0.39, 0.29) is 10.6 Å². The Morgan fingerprint density at radius 2 is 2.00 bits per heavy atom. The lowest BCUT2D eigenvalue weighted by atomic mass is 10.1. The minimum Gasteiger partial charge on any atom is -0.460 e. The van der Waals surface area contributed by atoms with Crippen molar-refractivity contribution >= 4 is 27.5 Å². The molecular formula is C17H13ClFNO5S. The second-order valence-electron chi connectivity index (χ2n) is 5.08. The van der Waals surface area contributed by atoms with Gasteiger partial charge < -0.3 is 14.7 Å². The number of carbonyl (C=O) groups excluding carboxylic acids is 1. The fourth-order valence-electron chi connectivity index (χ4n) is 2.13. The fraction of sp³-hybridized carbons (Fsp3) is 0.118. The van der Waals surface area contributed by atoms with Gasteiger partial charge in [-0.1, -0.05) is 41.9 Å². The number of halogens is 2. The molecule has 1 atom stereocenters. The van der Waals surface area contributed by atoms with Crippen LogP contribution in [0.15, 0.2) is 60.2 Å². The lowest BCUT2D eigenvalue weighted by molar-refractivity contribution is -0.123. The third-order valence-electron chi connectivity index (χ3n) is 3.23. The van der Waals surface area contributed by atoms with Crippen LogP contribution in [0.2, 0.25) is 5.02 Å². The van der Waals surface area contributed by atoms with Gasteiger partial charge in [-0.2, -0.15) is 8.42 Å². The van der Waals surface area contributed by atoms with Crippen molar-refractivity contribution in [3.05, 3.63) is 82.1 Å². The highest BCUT2D eigenvalue weighted by Crippen LogP contribution is 2.35. The molecule has 2 aromatic rings. The van der Waals surface area contributed by atoms with Crippen LogP contribution in [-0.2, 0) is 29.5 Å². The van der Waals surface area contributed by atoms with E-state index in [9.17, 15) is 17.6 Å². The Kier molecular flexibility index (Phi) is 3.91. The van der Waals surface area contributed by atoms with E-state index in [0.29, 0.717) is 0 Å². The monoisotopic (exact) mass is 400 g/mol. The fourth-order valence-corrected chi connectivity index (χ4v) is 3.14. The van der Waals surface area contributed by atoms with Crippen molar-refractivity contribution in [2.45, 2.75) is 11.8 Å². The Balaban J connectivity index is 1.97. The van der Waals surface area contributed by atoms with Gasteiger partial charge in [0.05, 0.1) is 4.11 Å². The van der Waals surface area contributed by atoms with Crippen molar-refractivity contribution < 1.29 is 30.6 Å². The van der Waals surface area contributed by atoms with Crippen molar-refractivity contribution in [1.29, 1.82) is 0 Å². The summed E-state index contributed by atoms with van der Waals surface area (Å²) in [6, 6.07) is 9.82. The van der Waals surface area contributed by atoms with Crippen LogP contribution in [0.5, 0.6) is 0 Å². The van der Waals surface area contributed by atoms with E-state index in [1.54, 1.807) is 6.07 Å². The van der Waals surface area contributed by atoms with Crippen molar-refractivity contribution in [1.82, 2.24) is 0 Å². The van der Waals surface area contributed by atoms with E-state index in [4.69, 9.17) is 26.2 Å². The summed E-state index contributed by atoms with van der Waals surface area (Å²) in [5, 5.41) is -0.00889. The molecule has 1 heterocycles. The highest BCUT2D eigenvalue weighted by Gasteiger charge is 2.40. The Morgan fingerprint density at radius 3 is 2.69 bits per heavy atom. The molecule has 0 amide bonds. The average Bonchev–Trinajstić information content (AvgIpc) is 2.88. The molecule has 0 saturated carbocycles. The second kappa shape index (κ2) is 6.97. The number of carbonyl (C=O) groups is 1. The van der Waals surface area contributed by atoms with Crippen molar-refractivity contribution in [2.75, 3.05) is 0 Å². The summed E-state index contributed by atoms with van der Waals surface area (Å²) in [5.41, 5.74) is 1.58. The summed E-state index contributed by atoms with van der Waals surface area (Å²) in [5.74, 6) is -4.48. The normalized spacial score (nSPS) is 22.4. The Morgan fingerprint density at radius 1 is 1.31 bits per heavy atom. The van der Waals surface area contributed by atoms with Crippen LogP contribution in [0.25, 0.3) is 0 Å². The molecule has 2 N–H and O–H groups in total. The number of benzene rings is 2. The molecule has 0 spiro atoms. The first kappa shape index (κ1) is 14.6. The summed E-state index contributed by atoms with van der Waals surface area (Å²) < 4.78 is 72.7. The summed E-state index contributed by atoms with van der Waals surface area (Å²) in [6.07, 6.45) is -2.79. The topological polar surface area (TPSA) is 95.7 Å². The third kappa shape index (κ3) is 3.81. The first-order chi connectivity index (χ1) is 13.4. The molecular weight excluding hydrogens is 385 g/mol. The van der Waals surface area contributed by atoms with Crippen LogP contribution >= 0.6 is 11.6 Å². The molecule has 136 valence electrons. The van der Waals surface area contributed by atoms with Crippen LogP contribution in [-0.4, -0.2) is 14.2 Å². The van der Waals surface area contributed by atoms with E-state index in [1.807, 2.05) is 0 Å². The van der Waals surface area contributed by atoms with Crippen LogP contribution < -0.4 is 5.73 Å². The molecule has 0 fully saturated rings. The molecule has 26 heavy (non-hydrogen) atoms. The van der Waals surface area contributed by atoms with Gasteiger partial charge in [0, 0.05) is 10.6 Å². The van der Waals surface area contributed by atoms with E-state index in [0.717, 1.165) is 12.1 Å². The number of ketones is 1. The molecule has 0 aliphatic carbocycles. The van der Waals surface area contributed by atoms with Gasteiger partial charge >= 0.3 is 10.1 Å². The SMILES string of the molecule is [2H]C1(c2cc(Cl)ccc2F)OC(N)=C(OS(=O)(=O)C([2H])([2H])c2ccccc2)C1=O. The number of ether oxygens (including phenoxy) is 1.